The monoisotopic (exact) mass is 395 g/mol. The zero-order chi connectivity index (χ0) is 20.8. The predicted octanol–water partition coefficient (Wildman–Crippen LogP) is 2.58. The van der Waals surface area contributed by atoms with E-state index >= 15 is 0 Å². The number of carbonyl (C=O) groups is 3. The molecule has 7 nitrogen and oxygen atoms in total. The average Bonchev–Trinajstić information content (AvgIpc) is 2.73. The molecule has 0 atom stereocenters. The molecule has 3 rings (SSSR count). The van der Waals surface area contributed by atoms with Crippen LogP contribution in [-0.4, -0.2) is 55.3 Å². The van der Waals surface area contributed by atoms with Gasteiger partial charge in [-0.15, -0.1) is 0 Å². The Hall–Kier alpha value is -3.35. The largest absolute Gasteiger partial charge is 0.484 e. The van der Waals surface area contributed by atoms with Crippen LogP contribution in [0.2, 0.25) is 0 Å². The second-order valence-electron chi connectivity index (χ2n) is 6.93. The Labute approximate surface area is 170 Å². The van der Waals surface area contributed by atoms with Crippen LogP contribution in [0.3, 0.4) is 0 Å². The van der Waals surface area contributed by atoms with Gasteiger partial charge in [0, 0.05) is 44.4 Å². The fourth-order valence-electron chi connectivity index (χ4n) is 3.27. The molecule has 0 radical (unpaired) electrons. The van der Waals surface area contributed by atoms with Gasteiger partial charge in [0.2, 0.25) is 5.91 Å². The zero-order valence-electron chi connectivity index (χ0n) is 16.7. The van der Waals surface area contributed by atoms with E-state index in [1.165, 1.54) is 6.92 Å². The highest BCUT2D eigenvalue weighted by Crippen LogP contribution is 2.21. The summed E-state index contributed by atoms with van der Waals surface area (Å²) >= 11 is 0. The van der Waals surface area contributed by atoms with Gasteiger partial charge in [0.1, 0.15) is 5.75 Å². The van der Waals surface area contributed by atoms with Gasteiger partial charge in [0.05, 0.1) is 5.69 Å². The number of para-hydroxylation sites is 1. The lowest BCUT2D eigenvalue weighted by molar-refractivity contribution is -0.129. The van der Waals surface area contributed by atoms with E-state index in [1.807, 2.05) is 29.2 Å². The van der Waals surface area contributed by atoms with Crippen molar-refractivity contribution in [3.05, 3.63) is 54.1 Å². The van der Waals surface area contributed by atoms with Crippen LogP contribution in [0.25, 0.3) is 0 Å². The van der Waals surface area contributed by atoms with Crippen LogP contribution < -0.4 is 15.0 Å². The quantitative estimate of drug-likeness (QED) is 0.761. The molecule has 0 aromatic heterocycles. The first kappa shape index (κ1) is 20.4. The Morgan fingerprint density at radius 3 is 2.21 bits per heavy atom. The number of anilines is 2. The molecule has 2 aromatic carbocycles. The van der Waals surface area contributed by atoms with E-state index in [9.17, 15) is 14.4 Å². The van der Waals surface area contributed by atoms with Gasteiger partial charge in [0.15, 0.2) is 12.4 Å². The average molecular weight is 395 g/mol. The minimum absolute atomic E-state index is 0.109. The number of nitrogens with one attached hydrogen (secondary N) is 1. The minimum Gasteiger partial charge on any atom is -0.484 e. The molecule has 1 N–H and O–H groups in total. The molecule has 0 saturated carbocycles. The van der Waals surface area contributed by atoms with E-state index in [0.717, 1.165) is 31.9 Å². The number of nitrogens with zero attached hydrogens (tertiary/aromatic N) is 2. The van der Waals surface area contributed by atoms with Crippen molar-refractivity contribution in [1.82, 2.24) is 4.90 Å². The zero-order valence-corrected chi connectivity index (χ0v) is 16.7. The summed E-state index contributed by atoms with van der Waals surface area (Å²) in [5.74, 6) is 0.258. The molecule has 2 aromatic rings. The molecule has 29 heavy (non-hydrogen) atoms. The summed E-state index contributed by atoms with van der Waals surface area (Å²) in [6, 6.07) is 14.4. The van der Waals surface area contributed by atoms with Crippen LogP contribution in [-0.2, 0) is 9.59 Å². The first-order valence-corrected chi connectivity index (χ1v) is 9.57. The summed E-state index contributed by atoms with van der Waals surface area (Å²) in [5, 5.41) is 2.71. The first-order chi connectivity index (χ1) is 13.9. The fraction of sp³-hybridized carbons (Fsp3) is 0.318. The van der Waals surface area contributed by atoms with Gasteiger partial charge >= 0.3 is 0 Å². The van der Waals surface area contributed by atoms with Gasteiger partial charge in [-0.1, -0.05) is 12.1 Å². The molecule has 1 aliphatic heterocycles. The highest BCUT2D eigenvalue weighted by molar-refractivity contribution is 6.03. The van der Waals surface area contributed by atoms with E-state index in [2.05, 4.69) is 10.2 Å². The SMILES string of the molecule is CC(=O)c1ccccc1NC(=O)COc1ccc(N2CCN(C(C)=O)CC2)cc1. The lowest BCUT2D eigenvalue weighted by Gasteiger charge is -2.35. The maximum absolute atomic E-state index is 12.2. The van der Waals surface area contributed by atoms with Crippen molar-refractivity contribution < 1.29 is 19.1 Å². The first-order valence-electron chi connectivity index (χ1n) is 9.57. The third-order valence-electron chi connectivity index (χ3n) is 4.88. The number of hydrogen-bond donors (Lipinski definition) is 1. The predicted molar refractivity (Wildman–Crippen MR) is 111 cm³/mol. The lowest BCUT2D eigenvalue weighted by atomic mass is 10.1. The molecular weight excluding hydrogens is 370 g/mol. The Kier molecular flexibility index (Phi) is 6.49. The minimum atomic E-state index is -0.330. The second kappa shape index (κ2) is 9.23. The molecule has 1 fully saturated rings. The topological polar surface area (TPSA) is 79.0 Å². The van der Waals surface area contributed by atoms with E-state index in [4.69, 9.17) is 4.74 Å². The summed E-state index contributed by atoms with van der Waals surface area (Å²) in [6.07, 6.45) is 0. The standard InChI is InChI=1S/C22H25N3O4/c1-16(26)20-5-3-4-6-21(20)23-22(28)15-29-19-9-7-18(8-10-19)25-13-11-24(12-14-25)17(2)27/h3-10H,11-15H2,1-2H3,(H,23,28). The van der Waals surface area contributed by atoms with Gasteiger partial charge in [-0.05, 0) is 43.3 Å². The molecule has 7 heteroatoms. The Morgan fingerprint density at radius 1 is 0.931 bits per heavy atom. The molecule has 0 unspecified atom stereocenters. The number of piperazine rings is 1. The smallest absolute Gasteiger partial charge is 0.262 e. The maximum atomic E-state index is 12.2. The summed E-state index contributed by atoms with van der Waals surface area (Å²) in [7, 11) is 0. The van der Waals surface area contributed by atoms with Gasteiger partial charge in [-0.2, -0.15) is 0 Å². The Bertz CT molecular complexity index is 887. The van der Waals surface area contributed by atoms with Crippen LogP contribution in [0.5, 0.6) is 5.75 Å². The molecule has 0 aliphatic carbocycles. The van der Waals surface area contributed by atoms with E-state index in [1.54, 1.807) is 31.2 Å². The third-order valence-corrected chi connectivity index (χ3v) is 4.88. The summed E-state index contributed by atoms with van der Waals surface area (Å²) in [5.41, 5.74) is 2.00. The number of amides is 2. The van der Waals surface area contributed by atoms with E-state index < -0.39 is 0 Å². The maximum Gasteiger partial charge on any atom is 0.262 e. The molecule has 1 heterocycles. The number of rotatable bonds is 6. The number of Topliss-reactive ketones (excluding diaryl/α,β-unsaturated/α-hetero) is 1. The van der Waals surface area contributed by atoms with Crippen LogP contribution >= 0.6 is 0 Å². The van der Waals surface area contributed by atoms with Crippen molar-refractivity contribution in [3.8, 4) is 5.75 Å². The normalized spacial score (nSPS) is 13.7. The van der Waals surface area contributed by atoms with Gasteiger partial charge in [-0.25, -0.2) is 0 Å². The van der Waals surface area contributed by atoms with Crippen molar-refractivity contribution >= 4 is 29.0 Å². The number of ketones is 1. The summed E-state index contributed by atoms with van der Waals surface area (Å²) in [4.78, 5) is 39.3. The molecule has 0 bridgehead atoms. The molecule has 0 spiro atoms. The molecule has 1 saturated heterocycles. The highest BCUT2D eigenvalue weighted by atomic mass is 16.5. The Balaban J connectivity index is 1.51. The highest BCUT2D eigenvalue weighted by Gasteiger charge is 2.18. The third kappa shape index (κ3) is 5.34. The van der Waals surface area contributed by atoms with Gasteiger partial charge in [-0.3, -0.25) is 14.4 Å². The molecule has 152 valence electrons. The Morgan fingerprint density at radius 2 is 1.59 bits per heavy atom. The van der Waals surface area contributed by atoms with Crippen LogP contribution in [0.1, 0.15) is 24.2 Å². The van der Waals surface area contributed by atoms with Crippen molar-refractivity contribution in [2.75, 3.05) is 43.0 Å². The molecule has 2 amide bonds. The summed E-state index contributed by atoms with van der Waals surface area (Å²) in [6.45, 7) is 5.92. The number of ether oxygens (including phenoxy) is 1. The van der Waals surface area contributed by atoms with E-state index in [0.29, 0.717) is 17.0 Å². The molecule has 1 aliphatic rings. The number of carbonyl (C=O) groups excluding carboxylic acids is 3. The fourth-order valence-corrected chi connectivity index (χ4v) is 3.27. The van der Waals surface area contributed by atoms with Crippen molar-refractivity contribution in [2.24, 2.45) is 0 Å². The molecular formula is C22H25N3O4. The number of hydrogen-bond acceptors (Lipinski definition) is 5. The van der Waals surface area contributed by atoms with Crippen LogP contribution in [0.15, 0.2) is 48.5 Å². The van der Waals surface area contributed by atoms with Crippen molar-refractivity contribution in [1.29, 1.82) is 0 Å². The number of benzene rings is 2. The van der Waals surface area contributed by atoms with Crippen LogP contribution in [0, 0.1) is 0 Å². The van der Waals surface area contributed by atoms with Crippen molar-refractivity contribution in [2.45, 2.75) is 13.8 Å². The van der Waals surface area contributed by atoms with Gasteiger partial charge < -0.3 is 19.9 Å². The van der Waals surface area contributed by atoms with Crippen LogP contribution in [0.4, 0.5) is 11.4 Å². The summed E-state index contributed by atoms with van der Waals surface area (Å²) < 4.78 is 5.56. The second-order valence-corrected chi connectivity index (χ2v) is 6.93. The van der Waals surface area contributed by atoms with E-state index in [-0.39, 0.29) is 24.2 Å². The van der Waals surface area contributed by atoms with Crippen molar-refractivity contribution in [3.63, 3.8) is 0 Å². The van der Waals surface area contributed by atoms with Gasteiger partial charge in [0.25, 0.3) is 5.91 Å². The lowest BCUT2D eigenvalue weighted by Crippen LogP contribution is -2.48.